The fraction of sp³-hybridized carbons (Fsp3) is 0.429. The van der Waals surface area contributed by atoms with Gasteiger partial charge in [0.15, 0.2) is 5.82 Å². The predicted octanol–water partition coefficient (Wildman–Crippen LogP) is 4.07. The average molecular weight is 529 g/mol. The number of aromatic nitrogens is 5. The van der Waals surface area contributed by atoms with Crippen molar-refractivity contribution in [2.45, 2.75) is 51.6 Å². The summed E-state index contributed by atoms with van der Waals surface area (Å²) >= 11 is 0. The van der Waals surface area contributed by atoms with Gasteiger partial charge in [0.2, 0.25) is 0 Å². The molecule has 3 heterocycles. The number of nitro benzene ring substituents is 1. The number of fused-ring (bicyclic) bond motifs is 1. The van der Waals surface area contributed by atoms with Crippen molar-refractivity contribution in [2.75, 3.05) is 31.1 Å². The Hall–Kier alpha value is -4.12. The molecule has 11 nitrogen and oxygen atoms in total. The molecule has 0 unspecified atom stereocenters. The van der Waals surface area contributed by atoms with Crippen LogP contribution >= 0.6 is 0 Å². The van der Waals surface area contributed by atoms with E-state index in [1.807, 2.05) is 23.7 Å². The van der Waals surface area contributed by atoms with Gasteiger partial charge in [0.25, 0.3) is 11.2 Å². The van der Waals surface area contributed by atoms with Crippen molar-refractivity contribution in [3.63, 3.8) is 0 Å². The molecule has 202 valence electrons. The van der Waals surface area contributed by atoms with Gasteiger partial charge in [-0.1, -0.05) is 12.8 Å². The monoisotopic (exact) mass is 528 g/mol. The van der Waals surface area contributed by atoms with Crippen LogP contribution in [0.5, 0.6) is 0 Å². The number of nitrogens with zero attached hydrogens (tertiary/aromatic N) is 7. The van der Waals surface area contributed by atoms with E-state index >= 15 is 0 Å². The quantitative estimate of drug-likeness (QED) is 0.293. The summed E-state index contributed by atoms with van der Waals surface area (Å²) in [6.45, 7) is 6.92. The number of nitrogens with one attached hydrogen (secondary N) is 1. The number of nitro groups is 1. The summed E-state index contributed by atoms with van der Waals surface area (Å²) in [6.07, 6.45) is 4.37. The molecule has 1 aliphatic carbocycles. The number of non-ortho nitro benzene ring substituents is 1. The molecule has 1 saturated carbocycles. The SMILES string of the molecule is Cc1cc2cc([C@H](c3nnnn3C3CCCC3)N3CCN(c4ccc([N+](=O)[O-])cc4)CC3)c(=O)[nH]c2cc1C. The number of hydrogen-bond donors (Lipinski definition) is 1. The maximum atomic E-state index is 13.6. The molecule has 2 aromatic carbocycles. The van der Waals surface area contributed by atoms with Gasteiger partial charge in [0, 0.05) is 55.1 Å². The minimum Gasteiger partial charge on any atom is -0.369 e. The fourth-order valence-electron chi connectivity index (χ4n) is 6.01. The molecule has 2 fully saturated rings. The van der Waals surface area contributed by atoms with Gasteiger partial charge in [-0.25, -0.2) is 4.68 Å². The van der Waals surface area contributed by atoms with E-state index < -0.39 is 6.04 Å². The molecule has 39 heavy (non-hydrogen) atoms. The van der Waals surface area contributed by atoms with Crippen LogP contribution in [-0.2, 0) is 0 Å². The zero-order valence-corrected chi connectivity index (χ0v) is 22.2. The second kappa shape index (κ2) is 10.2. The van der Waals surface area contributed by atoms with Gasteiger partial charge in [-0.05, 0) is 84.0 Å². The Morgan fingerprint density at radius 1 is 1.00 bits per heavy atom. The largest absolute Gasteiger partial charge is 0.369 e. The highest BCUT2D eigenvalue weighted by atomic mass is 16.6. The van der Waals surface area contributed by atoms with Gasteiger partial charge in [0.1, 0.15) is 6.04 Å². The molecule has 2 aliphatic rings. The molecule has 0 bridgehead atoms. The third-order valence-corrected chi connectivity index (χ3v) is 8.32. The molecule has 1 atom stereocenters. The molecule has 4 aromatic rings. The standard InChI is InChI=1S/C28H32N8O3/c1-18-15-20-17-24(28(37)29-25(20)16-19(18)2)26(27-30-31-32-35(27)22-5-3-4-6-22)34-13-11-33(12-14-34)21-7-9-23(10-8-21)36(38)39/h7-10,15-17,22,26H,3-6,11-14H2,1-2H3,(H,29,37)/t26-/m1/s1. The van der Waals surface area contributed by atoms with E-state index in [0.29, 0.717) is 37.6 Å². The molecular weight excluding hydrogens is 496 g/mol. The van der Waals surface area contributed by atoms with E-state index in [1.165, 1.54) is 5.56 Å². The zero-order valence-electron chi connectivity index (χ0n) is 22.2. The molecule has 2 aromatic heterocycles. The van der Waals surface area contributed by atoms with E-state index in [-0.39, 0.29) is 22.2 Å². The first kappa shape index (κ1) is 25.2. The smallest absolute Gasteiger partial charge is 0.269 e. The lowest BCUT2D eigenvalue weighted by Gasteiger charge is -2.39. The van der Waals surface area contributed by atoms with Crippen molar-refractivity contribution in [1.29, 1.82) is 0 Å². The van der Waals surface area contributed by atoms with Crippen LogP contribution < -0.4 is 10.5 Å². The van der Waals surface area contributed by atoms with E-state index in [9.17, 15) is 14.9 Å². The first-order valence-corrected chi connectivity index (χ1v) is 13.5. The molecule has 1 N–H and O–H groups in total. The van der Waals surface area contributed by atoms with Gasteiger partial charge >= 0.3 is 0 Å². The van der Waals surface area contributed by atoms with Crippen molar-refractivity contribution < 1.29 is 4.92 Å². The molecule has 1 saturated heterocycles. The summed E-state index contributed by atoms with van der Waals surface area (Å²) < 4.78 is 1.95. The summed E-state index contributed by atoms with van der Waals surface area (Å²) in [5.41, 5.74) is 4.67. The van der Waals surface area contributed by atoms with Crippen LogP contribution in [0.25, 0.3) is 10.9 Å². The highest BCUT2D eigenvalue weighted by molar-refractivity contribution is 5.81. The normalized spacial score (nSPS) is 17.6. The Morgan fingerprint density at radius 2 is 1.69 bits per heavy atom. The van der Waals surface area contributed by atoms with Crippen molar-refractivity contribution in [2.24, 2.45) is 0 Å². The average Bonchev–Trinajstić information content (AvgIpc) is 3.63. The number of aryl methyl sites for hydroxylation is 2. The van der Waals surface area contributed by atoms with Gasteiger partial charge in [-0.3, -0.25) is 19.8 Å². The summed E-state index contributed by atoms with van der Waals surface area (Å²) in [6, 6.07) is 12.7. The number of anilines is 1. The maximum Gasteiger partial charge on any atom is 0.269 e. The third-order valence-electron chi connectivity index (χ3n) is 8.32. The van der Waals surface area contributed by atoms with E-state index in [4.69, 9.17) is 0 Å². The van der Waals surface area contributed by atoms with Crippen LogP contribution in [0.2, 0.25) is 0 Å². The van der Waals surface area contributed by atoms with Crippen molar-refractivity contribution in [3.05, 3.63) is 85.4 Å². The van der Waals surface area contributed by atoms with Crippen LogP contribution in [-0.4, -0.2) is 61.2 Å². The highest BCUT2D eigenvalue weighted by Crippen LogP contribution is 2.34. The van der Waals surface area contributed by atoms with E-state index in [1.54, 1.807) is 24.3 Å². The number of aromatic amines is 1. The number of rotatable bonds is 6. The van der Waals surface area contributed by atoms with Crippen molar-refractivity contribution >= 4 is 22.3 Å². The van der Waals surface area contributed by atoms with Crippen molar-refractivity contribution in [3.8, 4) is 0 Å². The molecule has 0 radical (unpaired) electrons. The fourth-order valence-corrected chi connectivity index (χ4v) is 6.01. The highest BCUT2D eigenvalue weighted by Gasteiger charge is 2.35. The Bertz CT molecular complexity index is 1560. The number of piperazine rings is 1. The molecule has 6 rings (SSSR count). The number of hydrogen-bond acceptors (Lipinski definition) is 8. The number of benzene rings is 2. The summed E-state index contributed by atoms with van der Waals surface area (Å²) in [7, 11) is 0. The Kier molecular flexibility index (Phi) is 6.59. The number of tetrazole rings is 1. The summed E-state index contributed by atoms with van der Waals surface area (Å²) in [5, 5.41) is 25.0. The van der Waals surface area contributed by atoms with Crippen LogP contribution in [0.4, 0.5) is 11.4 Å². The molecule has 0 amide bonds. The third kappa shape index (κ3) is 4.78. The second-order valence-electron chi connectivity index (χ2n) is 10.7. The lowest BCUT2D eigenvalue weighted by atomic mass is 10.00. The van der Waals surface area contributed by atoms with Crippen LogP contribution in [0.15, 0.2) is 47.3 Å². The molecule has 11 heteroatoms. The minimum atomic E-state index is -0.394. The van der Waals surface area contributed by atoms with Crippen molar-refractivity contribution in [1.82, 2.24) is 30.1 Å². The second-order valence-corrected chi connectivity index (χ2v) is 10.7. The van der Waals surface area contributed by atoms with Gasteiger partial charge in [0.05, 0.1) is 11.0 Å². The first-order valence-electron chi connectivity index (χ1n) is 13.5. The van der Waals surface area contributed by atoms with Crippen LogP contribution in [0.3, 0.4) is 0 Å². The Labute approximate surface area is 225 Å². The van der Waals surface area contributed by atoms with Crippen LogP contribution in [0, 0.1) is 24.0 Å². The van der Waals surface area contributed by atoms with Gasteiger partial charge in [-0.2, -0.15) is 0 Å². The van der Waals surface area contributed by atoms with Crippen LogP contribution in [0.1, 0.15) is 60.3 Å². The Balaban J connectivity index is 1.36. The van der Waals surface area contributed by atoms with E-state index in [0.717, 1.165) is 47.8 Å². The molecular formula is C28H32N8O3. The maximum absolute atomic E-state index is 13.6. The number of H-pyrrole nitrogens is 1. The topological polar surface area (TPSA) is 126 Å². The van der Waals surface area contributed by atoms with Gasteiger partial charge in [-0.15, -0.1) is 5.10 Å². The minimum absolute atomic E-state index is 0.0807. The first-order chi connectivity index (χ1) is 18.9. The number of pyridine rings is 1. The lowest BCUT2D eigenvalue weighted by molar-refractivity contribution is -0.384. The lowest BCUT2D eigenvalue weighted by Crippen LogP contribution is -2.49. The summed E-state index contributed by atoms with van der Waals surface area (Å²) in [4.78, 5) is 31.9. The predicted molar refractivity (Wildman–Crippen MR) is 148 cm³/mol. The van der Waals surface area contributed by atoms with E-state index in [2.05, 4.69) is 43.3 Å². The van der Waals surface area contributed by atoms with Gasteiger partial charge < -0.3 is 9.88 Å². The summed E-state index contributed by atoms with van der Waals surface area (Å²) in [5.74, 6) is 0.708. The Morgan fingerprint density at radius 3 is 2.38 bits per heavy atom. The molecule has 0 spiro atoms. The zero-order chi connectivity index (χ0) is 27.1. The molecule has 1 aliphatic heterocycles.